The number of rotatable bonds is 1. The lowest BCUT2D eigenvalue weighted by Crippen LogP contribution is -2.66. The maximum Gasteiger partial charge on any atom is 0.410 e. The van der Waals surface area contributed by atoms with Crippen molar-refractivity contribution in [3.05, 3.63) is 0 Å². The molecule has 0 aromatic rings. The molecule has 5 heteroatoms. The van der Waals surface area contributed by atoms with E-state index in [0.29, 0.717) is 17.5 Å². The second-order valence-electron chi connectivity index (χ2n) is 9.43. The van der Waals surface area contributed by atoms with Gasteiger partial charge in [-0.05, 0) is 64.7 Å². The van der Waals surface area contributed by atoms with Crippen LogP contribution in [0.2, 0.25) is 0 Å². The maximum atomic E-state index is 12.6. The average Bonchev–Trinajstić information content (AvgIpc) is 2.75. The maximum absolute atomic E-state index is 12.6. The fraction of sp³-hybridized carbons (Fsp3) is 0.947. The van der Waals surface area contributed by atoms with Crippen LogP contribution in [0.3, 0.4) is 0 Å². The van der Waals surface area contributed by atoms with Crippen molar-refractivity contribution in [3.8, 4) is 0 Å². The van der Waals surface area contributed by atoms with Crippen molar-refractivity contribution in [1.29, 1.82) is 0 Å². The third-order valence-corrected chi connectivity index (χ3v) is 6.35. The van der Waals surface area contributed by atoms with Gasteiger partial charge in [-0.3, -0.25) is 4.90 Å². The Balaban J connectivity index is 1.36. The number of likely N-dealkylation sites (tertiary alicyclic amines) is 1. The minimum atomic E-state index is -0.401. The van der Waals surface area contributed by atoms with E-state index in [1.807, 2.05) is 20.8 Å². The number of carbonyl (C=O) groups is 1. The summed E-state index contributed by atoms with van der Waals surface area (Å²) in [5, 5.41) is 0. The predicted octanol–water partition coefficient (Wildman–Crippen LogP) is 3.03. The number of nitrogens with zero attached hydrogens (tertiary/aromatic N) is 2. The number of hydrogen-bond acceptors (Lipinski definition) is 4. The zero-order chi connectivity index (χ0) is 16.9. The van der Waals surface area contributed by atoms with Crippen molar-refractivity contribution in [3.63, 3.8) is 0 Å². The van der Waals surface area contributed by atoms with Gasteiger partial charge in [0.2, 0.25) is 0 Å². The highest BCUT2D eigenvalue weighted by Crippen LogP contribution is 2.51. The first-order chi connectivity index (χ1) is 11.4. The van der Waals surface area contributed by atoms with Crippen molar-refractivity contribution in [2.24, 2.45) is 5.41 Å². The van der Waals surface area contributed by atoms with E-state index in [2.05, 4.69) is 9.80 Å². The molecule has 1 amide bonds. The Hall–Kier alpha value is -0.810. The number of hydrogen-bond donors (Lipinski definition) is 0. The van der Waals surface area contributed by atoms with E-state index >= 15 is 0 Å². The molecule has 2 bridgehead atoms. The third-order valence-electron chi connectivity index (χ3n) is 6.35. The van der Waals surface area contributed by atoms with Crippen LogP contribution in [0.4, 0.5) is 4.79 Å². The largest absolute Gasteiger partial charge is 0.444 e. The Kier molecular flexibility index (Phi) is 4.07. The van der Waals surface area contributed by atoms with Crippen LogP contribution in [0.25, 0.3) is 0 Å². The molecule has 136 valence electrons. The van der Waals surface area contributed by atoms with Crippen LogP contribution >= 0.6 is 0 Å². The van der Waals surface area contributed by atoms with Gasteiger partial charge in [-0.1, -0.05) is 0 Å². The van der Waals surface area contributed by atoms with Crippen molar-refractivity contribution >= 4 is 6.09 Å². The number of fused-ring (bicyclic) bond motifs is 2. The molecule has 0 aliphatic carbocycles. The highest BCUT2D eigenvalue weighted by molar-refractivity contribution is 5.69. The second kappa shape index (κ2) is 5.87. The number of carbonyl (C=O) groups excluding carboxylic acids is 1. The molecular formula is C19H32N2O3. The average molecular weight is 336 g/mol. The lowest BCUT2D eigenvalue weighted by molar-refractivity contribution is -0.106. The number of ether oxygens (including phenoxy) is 2. The Labute approximate surface area is 145 Å². The minimum Gasteiger partial charge on any atom is -0.444 e. The third kappa shape index (κ3) is 3.05. The summed E-state index contributed by atoms with van der Waals surface area (Å²) in [5.41, 5.74) is 0.0601. The number of amides is 1. The SMILES string of the molecule is CC(C)(C)OC(=O)N1[C@@H]2CC[C@H]1CC1(C2)CN(C2CCOCC2)C1. The first-order valence-electron chi connectivity index (χ1n) is 9.68. The van der Waals surface area contributed by atoms with E-state index in [4.69, 9.17) is 9.47 Å². The molecule has 4 rings (SSSR count). The van der Waals surface area contributed by atoms with Crippen molar-refractivity contribution in [1.82, 2.24) is 9.80 Å². The summed E-state index contributed by atoms with van der Waals surface area (Å²) in [4.78, 5) is 17.3. The molecule has 4 saturated heterocycles. The predicted molar refractivity (Wildman–Crippen MR) is 92.0 cm³/mol. The zero-order valence-corrected chi connectivity index (χ0v) is 15.4. The summed E-state index contributed by atoms with van der Waals surface area (Å²) in [6, 6.07) is 1.52. The fourth-order valence-corrected chi connectivity index (χ4v) is 5.44. The summed E-state index contributed by atoms with van der Waals surface area (Å²) in [7, 11) is 0. The van der Waals surface area contributed by atoms with Crippen molar-refractivity contribution in [2.45, 2.75) is 83.0 Å². The molecule has 4 aliphatic rings. The summed E-state index contributed by atoms with van der Waals surface area (Å²) in [6.45, 7) is 10.2. The molecule has 4 fully saturated rings. The molecule has 0 aromatic carbocycles. The van der Waals surface area contributed by atoms with E-state index in [1.54, 1.807) is 0 Å². The van der Waals surface area contributed by atoms with Crippen LogP contribution in [0, 0.1) is 5.41 Å². The van der Waals surface area contributed by atoms with Crippen LogP contribution in [-0.4, -0.2) is 65.9 Å². The van der Waals surface area contributed by atoms with E-state index in [1.165, 1.54) is 38.8 Å². The van der Waals surface area contributed by atoms with Gasteiger partial charge >= 0.3 is 6.09 Å². The van der Waals surface area contributed by atoms with Gasteiger partial charge in [0.05, 0.1) is 0 Å². The molecule has 0 aromatic heterocycles. The standard InChI is InChI=1S/C19H32N2O3/c1-18(2,3)24-17(22)21-15-4-5-16(21)11-19(10-15)12-20(13-19)14-6-8-23-9-7-14/h14-16H,4-13H2,1-3H3/t15-,16+. The van der Waals surface area contributed by atoms with Gasteiger partial charge in [-0.25, -0.2) is 4.79 Å². The molecule has 0 saturated carbocycles. The lowest BCUT2D eigenvalue weighted by atomic mass is 9.68. The summed E-state index contributed by atoms with van der Waals surface area (Å²) < 4.78 is 11.2. The number of piperidine rings is 1. The quantitative estimate of drug-likeness (QED) is 0.738. The van der Waals surface area contributed by atoms with Gasteiger partial charge in [-0.15, -0.1) is 0 Å². The van der Waals surface area contributed by atoms with Crippen molar-refractivity contribution < 1.29 is 14.3 Å². The topological polar surface area (TPSA) is 42.0 Å². The highest BCUT2D eigenvalue weighted by atomic mass is 16.6. The van der Waals surface area contributed by atoms with E-state index in [-0.39, 0.29) is 6.09 Å². The lowest BCUT2D eigenvalue weighted by Gasteiger charge is -2.58. The van der Waals surface area contributed by atoms with Gasteiger partial charge in [0.25, 0.3) is 0 Å². The van der Waals surface area contributed by atoms with E-state index < -0.39 is 5.60 Å². The first kappa shape index (κ1) is 16.6. The Morgan fingerprint density at radius 1 is 1.00 bits per heavy atom. The second-order valence-corrected chi connectivity index (χ2v) is 9.43. The summed E-state index contributed by atoms with van der Waals surface area (Å²) >= 11 is 0. The molecule has 0 unspecified atom stereocenters. The molecule has 5 nitrogen and oxygen atoms in total. The van der Waals surface area contributed by atoms with Crippen LogP contribution in [0.15, 0.2) is 0 Å². The molecule has 4 aliphatic heterocycles. The summed E-state index contributed by atoms with van der Waals surface area (Å²) in [6.07, 6.45) is 6.93. The smallest absolute Gasteiger partial charge is 0.410 e. The molecule has 0 radical (unpaired) electrons. The highest BCUT2D eigenvalue weighted by Gasteiger charge is 2.56. The molecule has 2 atom stereocenters. The van der Waals surface area contributed by atoms with Crippen molar-refractivity contribution in [2.75, 3.05) is 26.3 Å². The first-order valence-corrected chi connectivity index (χ1v) is 9.68. The molecule has 24 heavy (non-hydrogen) atoms. The zero-order valence-electron chi connectivity index (χ0n) is 15.4. The summed E-state index contributed by atoms with van der Waals surface area (Å²) in [5.74, 6) is 0. The van der Waals surface area contributed by atoms with Crippen LogP contribution in [-0.2, 0) is 9.47 Å². The Morgan fingerprint density at radius 2 is 1.58 bits per heavy atom. The molecule has 0 N–H and O–H groups in total. The van der Waals surface area contributed by atoms with Crippen LogP contribution in [0.5, 0.6) is 0 Å². The minimum absolute atomic E-state index is 0.0922. The van der Waals surface area contributed by atoms with Gasteiger partial charge in [0.15, 0.2) is 0 Å². The molecular weight excluding hydrogens is 304 g/mol. The fourth-order valence-electron chi connectivity index (χ4n) is 5.44. The van der Waals surface area contributed by atoms with Crippen LogP contribution < -0.4 is 0 Å². The Morgan fingerprint density at radius 3 is 2.12 bits per heavy atom. The molecule has 4 heterocycles. The van der Waals surface area contributed by atoms with Gasteiger partial charge in [0, 0.05) is 44.4 Å². The molecule has 1 spiro atoms. The van der Waals surface area contributed by atoms with E-state index in [0.717, 1.165) is 32.1 Å². The van der Waals surface area contributed by atoms with Gasteiger partial charge in [0.1, 0.15) is 5.60 Å². The normalized spacial score (nSPS) is 33.5. The Bertz CT molecular complexity index is 473. The van der Waals surface area contributed by atoms with Gasteiger partial charge < -0.3 is 14.4 Å². The van der Waals surface area contributed by atoms with Gasteiger partial charge in [-0.2, -0.15) is 0 Å². The van der Waals surface area contributed by atoms with Crippen LogP contribution in [0.1, 0.15) is 59.3 Å². The van der Waals surface area contributed by atoms with E-state index in [9.17, 15) is 4.79 Å². The monoisotopic (exact) mass is 336 g/mol.